The molecule has 0 radical (unpaired) electrons. The van der Waals surface area contributed by atoms with Gasteiger partial charge in [-0.05, 0) is 24.0 Å². The monoisotopic (exact) mass is 488 g/mol. The fraction of sp³-hybridized carbons (Fsp3) is 0.435. The number of aromatic nitrogens is 1. The highest BCUT2D eigenvalue weighted by molar-refractivity contribution is 5.96. The van der Waals surface area contributed by atoms with E-state index in [2.05, 4.69) is 20.9 Å². The molecular formula is C23H32N6O6. The number of H-pyrrole nitrogens is 1. The Labute approximate surface area is 202 Å². The third-order valence-corrected chi connectivity index (χ3v) is 5.70. The van der Waals surface area contributed by atoms with Crippen molar-refractivity contribution in [1.29, 1.82) is 0 Å². The number of hydrogen-bond acceptors (Lipinski definition) is 6. The number of hydrogen-bond donors (Lipinski definition) is 7. The van der Waals surface area contributed by atoms with Crippen LogP contribution < -0.4 is 27.4 Å². The van der Waals surface area contributed by atoms with E-state index in [0.29, 0.717) is 6.42 Å². The molecule has 4 atom stereocenters. The Morgan fingerprint density at radius 3 is 2.37 bits per heavy atom. The van der Waals surface area contributed by atoms with E-state index in [1.165, 1.54) is 0 Å². The maximum absolute atomic E-state index is 12.9. The van der Waals surface area contributed by atoms with Gasteiger partial charge in [0.2, 0.25) is 23.6 Å². The summed E-state index contributed by atoms with van der Waals surface area (Å²) in [7, 11) is 0. The second-order valence-corrected chi connectivity index (χ2v) is 8.39. The van der Waals surface area contributed by atoms with Crippen LogP contribution in [0.3, 0.4) is 0 Å². The average Bonchev–Trinajstić information content (AvgIpc) is 3.22. The number of carboxylic acid groups (broad SMARTS) is 1. The molecule has 0 fully saturated rings. The molecule has 9 N–H and O–H groups in total. The number of primary amides is 1. The van der Waals surface area contributed by atoms with Gasteiger partial charge in [0, 0.05) is 17.1 Å². The van der Waals surface area contributed by atoms with Crippen LogP contribution in [0.15, 0.2) is 30.5 Å². The van der Waals surface area contributed by atoms with E-state index in [4.69, 9.17) is 16.6 Å². The summed E-state index contributed by atoms with van der Waals surface area (Å²) in [4.78, 5) is 63.6. The van der Waals surface area contributed by atoms with E-state index in [1.54, 1.807) is 20.0 Å². The molecule has 2 rings (SSSR count). The van der Waals surface area contributed by atoms with Crippen LogP contribution in [-0.2, 0) is 30.4 Å². The van der Waals surface area contributed by atoms with Gasteiger partial charge in [-0.15, -0.1) is 0 Å². The lowest BCUT2D eigenvalue weighted by Crippen LogP contribution is -2.58. The van der Waals surface area contributed by atoms with Crippen LogP contribution in [0, 0.1) is 5.92 Å². The number of nitrogens with two attached hydrogens (primary N) is 2. The van der Waals surface area contributed by atoms with E-state index in [-0.39, 0.29) is 12.3 Å². The molecule has 4 amide bonds. The number of nitrogens with one attached hydrogen (secondary N) is 4. The van der Waals surface area contributed by atoms with Crippen LogP contribution in [0.2, 0.25) is 0 Å². The number of carboxylic acids is 1. The Morgan fingerprint density at radius 1 is 1.06 bits per heavy atom. The third-order valence-electron chi connectivity index (χ3n) is 5.70. The number of carbonyl (C=O) groups is 5. The molecule has 35 heavy (non-hydrogen) atoms. The summed E-state index contributed by atoms with van der Waals surface area (Å²) in [5.41, 5.74) is 13.0. The first-order valence-electron chi connectivity index (χ1n) is 11.2. The first kappa shape index (κ1) is 27.3. The third kappa shape index (κ3) is 7.81. The van der Waals surface area contributed by atoms with Crippen LogP contribution in [0.5, 0.6) is 0 Å². The Morgan fingerprint density at radius 2 is 1.74 bits per heavy atom. The van der Waals surface area contributed by atoms with Gasteiger partial charge in [-0.1, -0.05) is 38.5 Å². The molecule has 190 valence electrons. The normalized spacial score (nSPS) is 14.4. The van der Waals surface area contributed by atoms with Gasteiger partial charge in [0.1, 0.15) is 18.6 Å². The lowest BCUT2D eigenvalue weighted by atomic mass is 9.97. The molecule has 12 nitrogen and oxygen atoms in total. The summed E-state index contributed by atoms with van der Waals surface area (Å²) in [6.07, 6.45) is 1.90. The van der Waals surface area contributed by atoms with Crippen molar-refractivity contribution in [2.75, 3.05) is 6.54 Å². The second kappa shape index (κ2) is 12.5. The number of rotatable bonds is 13. The molecule has 1 heterocycles. The quantitative estimate of drug-likeness (QED) is 0.189. The number of fused-ring (bicyclic) bond motifs is 1. The van der Waals surface area contributed by atoms with Gasteiger partial charge in [-0.2, -0.15) is 0 Å². The number of carbonyl (C=O) groups excluding carboxylic acids is 4. The molecule has 12 heteroatoms. The van der Waals surface area contributed by atoms with Gasteiger partial charge in [0.15, 0.2) is 0 Å². The fourth-order valence-corrected chi connectivity index (χ4v) is 3.55. The summed E-state index contributed by atoms with van der Waals surface area (Å²) in [5.74, 6) is -4.63. The summed E-state index contributed by atoms with van der Waals surface area (Å²) in [6.45, 7) is 2.87. The highest BCUT2D eigenvalue weighted by Gasteiger charge is 2.31. The van der Waals surface area contributed by atoms with Crippen molar-refractivity contribution in [3.63, 3.8) is 0 Å². The van der Waals surface area contributed by atoms with Crippen molar-refractivity contribution in [2.24, 2.45) is 17.4 Å². The summed E-state index contributed by atoms with van der Waals surface area (Å²) < 4.78 is 0. The molecule has 0 saturated carbocycles. The zero-order valence-electron chi connectivity index (χ0n) is 19.7. The molecule has 0 spiro atoms. The SMILES string of the molecule is CCC(C)C(NC(=O)C(CC(N)=O)NC(=O)C(N)Cc1c[nH]c2ccccc12)C(=O)NCC(=O)O. The fourth-order valence-electron chi connectivity index (χ4n) is 3.55. The van der Waals surface area contributed by atoms with Crippen molar-refractivity contribution in [3.8, 4) is 0 Å². The smallest absolute Gasteiger partial charge is 0.322 e. The van der Waals surface area contributed by atoms with Crippen molar-refractivity contribution in [3.05, 3.63) is 36.0 Å². The van der Waals surface area contributed by atoms with E-state index >= 15 is 0 Å². The summed E-state index contributed by atoms with van der Waals surface area (Å²) in [6, 6.07) is 4.03. The topological polar surface area (TPSA) is 209 Å². The lowest BCUT2D eigenvalue weighted by molar-refractivity contribution is -0.139. The number of amides is 4. The maximum Gasteiger partial charge on any atom is 0.322 e. The van der Waals surface area contributed by atoms with Crippen molar-refractivity contribution in [2.45, 2.75) is 51.2 Å². The minimum absolute atomic E-state index is 0.174. The van der Waals surface area contributed by atoms with E-state index in [1.807, 2.05) is 24.3 Å². The molecule has 2 aromatic rings. The molecule has 0 aliphatic carbocycles. The minimum atomic E-state index is -1.37. The largest absolute Gasteiger partial charge is 0.480 e. The average molecular weight is 489 g/mol. The summed E-state index contributed by atoms with van der Waals surface area (Å²) in [5, 5.41) is 16.9. The van der Waals surface area contributed by atoms with Crippen LogP contribution in [-0.4, -0.2) is 64.4 Å². The van der Waals surface area contributed by atoms with Crippen LogP contribution >= 0.6 is 0 Å². The van der Waals surface area contributed by atoms with Gasteiger partial charge in [-0.3, -0.25) is 24.0 Å². The van der Waals surface area contributed by atoms with Gasteiger partial charge < -0.3 is 37.5 Å². The van der Waals surface area contributed by atoms with Gasteiger partial charge in [0.25, 0.3) is 0 Å². The van der Waals surface area contributed by atoms with Crippen LogP contribution in [0.4, 0.5) is 0 Å². The molecule has 0 aliphatic heterocycles. The second-order valence-electron chi connectivity index (χ2n) is 8.39. The van der Waals surface area contributed by atoms with Gasteiger partial charge in [-0.25, -0.2) is 0 Å². The lowest BCUT2D eigenvalue weighted by Gasteiger charge is -2.26. The first-order chi connectivity index (χ1) is 16.5. The number of para-hydroxylation sites is 1. The Bertz CT molecular complexity index is 1080. The van der Waals surface area contributed by atoms with Crippen molar-refractivity contribution in [1.82, 2.24) is 20.9 Å². The van der Waals surface area contributed by atoms with Gasteiger partial charge in [0.05, 0.1) is 12.5 Å². The zero-order chi connectivity index (χ0) is 26.1. The van der Waals surface area contributed by atoms with Crippen LogP contribution in [0.1, 0.15) is 32.3 Å². The number of benzene rings is 1. The number of aromatic amines is 1. The van der Waals surface area contributed by atoms with Crippen LogP contribution in [0.25, 0.3) is 10.9 Å². The molecule has 0 saturated heterocycles. The van der Waals surface area contributed by atoms with Crippen molar-refractivity contribution < 1.29 is 29.1 Å². The Balaban J connectivity index is 2.11. The Kier molecular flexibility index (Phi) is 9.76. The first-order valence-corrected chi connectivity index (χ1v) is 11.2. The van der Waals surface area contributed by atoms with E-state index in [0.717, 1.165) is 16.5 Å². The maximum atomic E-state index is 12.9. The molecule has 1 aromatic heterocycles. The summed E-state index contributed by atoms with van der Waals surface area (Å²) >= 11 is 0. The van der Waals surface area contributed by atoms with E-state index in [9.17, 15) is 24.0 Å². The molecule has 4 unspecified atom stereocenters. The molecular weight excluding hydrogens is 456 g/mol. The van der Waals surface area contributed by atoms with Gasteiger partial charge >= 0.3 is 5.97 Å². The molecule has 0 aliphatic rings. The highest BCUT2D eigenvalue weighted by Crippen LogP contribution is 2.19. The predicted molar refractivity (Wildman–Crippen MR) is 128 cm³/mol. The molecule has 1 aromatic carbocycles. The number of aliphatic carboxylic acids is 1. The van der Waals surface area contributed by atoms with E-state index < -0.39 is 60.7 Å². The highest BCUT2D eigenvalue weighted by atomic mass is 16.4. The molecule has 0 bridgehead atoms. The minimum Gasteiger partial charge on any atom is -0.480 e. The van der Waals surface area contributed by atoms with Crippen molar-refractivity contribution >= 4 is 40.5 Å². The Hall–Kier alpha value is -3.93. The zero-order valence-corrected chi connectivity index (χ0v) is 19.7. The standard InChI is InChI=1S/C23H32N6O6/c1-3-12(2)20(23(35)27-11-19(31)32)29-22(34)17(9-18(25)30)28-21(33)15(24)8-13-10-26-16-7-5-4-6-14(13)16/h4-7,10,12,15,17,20,26H,3,8-9,11,24H2,1-2H3,(H2,25,30)(H,27,35)(H,28,33)(H,29,34)(H,31,32). The predicted octanol–water partition coefficient (Wildman–Crippen LogP) is -0.870.